The number of hydrogen-bond donors (Lipinski definition) is 1. The largest absolute Gasteiger partial charge is 0.301 e. The van der Waals surface area contributed by atoms with Crippen LogP contribution >= 0.6 is 11.3 Å². The van der Waals surface area contributed by atoms with Crippen LogP contribution in [0.3, 0.4) is 0 Å². The zero-order valence-electron chi connectivity index (χ0n) is 10.1. The fraction of sp³-hybridized carbons (Fsp3) is 0.727. The summed E-state index contributed by atoms with van der Waals surface area (Å²) in [4.78, 5) is 13.6. The number of amides is 1. The maximum absolute atomic E-state index is 11.2. The summed E-state index contributed by atoms with van der Waals surface area (Å²) in [6.45, 7) is 4.98. The number of rotatable bonds is 4. The van der Waals surface area contributed by atoms with Crippen molar-refractivity contribution in [2.24, 2.45) is 0 Å². The molecule has 94 valence electrons. The Kier molecular flexibility index (Phi) is 4.44. The second kappa shape index (κ2) is 6.07. The van der Waals surface area contributed by atoms with Gasteiger partial charge in [0, 0.05) is 6.42 Å². The van der Waals surface area contributed by atoms with Crippen LogP contribution in [0.1, 0.15) is 37.6 Å². The van der Waals surface area contributed by atoms with Gasteiger partial charge in [0.05, 0.1) is 6.54 Å². The third kappa shape index (κ3) is 3.74. The van der Waals surface area contributed by atoms with Crippen molar-refractivity contribution in [2.45, 2.75) is 39.2 Å². The summed E-state index contributed by atoms with van der Waals surface area (Å²) in [5, 5.41) is 12.4. The highest BCUT2D eigenvalue weighted by Gasteiger charge is 2.13. The summed E-state index contributed by atoms with van der Waals surface area (Å²) in [7, 11) is 0. The Balaban J connectivity index is 1.86. The molecule has 1 saturated heterocycles. The average molecular weight is 254 g/mol. The lowest BCUT2D eigenvalue weighted by Crippen LogP contribution is -2.28. The van der Waals surface area contributed by atoms with Gasteiger partial charge in [-0.15, -0.1) is 10.2 Å². The molecular formula is C11H18N4OS. The first-order valence-electron chi connectivity index (χ1n) is 6.12. The molecule has 1 aliphatic rings. The van der Waals surface area contributed by atoms with Crippen LogP contribution in [0.2, 0.25) is 0 Å². The normalized spacial score (nSPS) is 17.0. The Labute approximate surface area is 105 Å². The van der Waals surface area contributed by atoms with Crippen molar-refractivity contribution in [3.8, 4) is 0 Å². The van der Waals surface area contributed by atoms with E-state index < -0.39 is 0 Å². The average Bonchev–Trinajstić information content (AvgIpc) is 2.77. The molecule has 0 atom stereocenters. The van der Waals surface area contributed by atoms with Gasteiger partial charge in [0.1, 0.15) is 5.01 Å². The van der Waals surface area contributed by atoms with Gasteiger partial charge in [-0.05, 0) is 25.9 Å². The van der Waals surface area contributed by atoms with Gasteiger partial charge in [-0.25, -0.2) is 0 Å². The molecule has 1 fully saturated rings. The summed E-state index contributed by atoms with van der Waals surface area (Å²) in [6.07, 6.45) is 4.36. The molecule has 1 aliphatic heterocycles. The number of nitrogens with one attached hydrogen (secondary N) is 1. The van der Waals surface area contributed by atoms with Crippen molar-refractivity contribution in [3.63, 3.8) is 0 Å². The van der Waals surface area contributed by atoms with Gasteiger partial charge in [0.15, 0.2) is 0 Å². The highest BCUT2D eigenvalue weighted by Crippen LogP contribution is 2.19. The van der Waals surface area contributed by atoms with Crippen LogP contribution in [0.5, 0.6) is 0 Å². The first-order chi connectivity index (χ1) is 8.28. The summed E-state index contributed by atoms with van der Waals surface area (Å²) in [6, 6.07) is 0. The fourth-order valence-electron chi connectivity index (χ4n) is 1.88. The van der Waals surface area contributed by atoms with Crippen molar-refractivity contribution < 1.29 is 4.79 Å². The number of hydrogen-bond acceptors (Lipinski definition) is 5. The number of anilines is 1. The van der Waals surface area contributed by atoms with Crippen LogP contribution in [0.15, 0.2) is 0 Å². The molecule has 0 aliphatic carbocycles. The van der Waals surface area contributed by atoms with E-state index >= 15 is 0 Å². The number of likely N-dealkylation sites (tertiary alicyclic amines) is 1. The molecule has 0 spiro atoms. The molecule has 0 radical (unpaired) electrons. The molecule has 5 nitrogen and oxygen atoms in total. The van der Waals surface area contributed by atoms with E-state index in [0.29, 0.717) is 11.6 Å². The highest BCUT2D eigenvalue weighted by atomic mass is 32.1. The van der Waals surface area contributed by atoms with Gasteiger partial charge < -0.3 is 5.32 Å². The number of carbonyl (C=O) groups excluding carboxylic acids is 1. The monoisotopic (exact) mass is 254 g/mol. The second-order valence-corrected chi connectivity index (χ2v) is 5.30. The van der Waals surface area contributed by atoms with Crippen molar-refractivity contribution in [1.82, 2.24) is 15.1 Å². The van der Waals surface area contributed by atoms with E-state index in [1.165, 1.54) is 30.6 Å². The van der Waals surface area contributed by atoms with Gasteiger partial charge in [-0.1, -0.05) is 24.7 Å². The predicted octanol–water partition coefficient (Wildman–Crippen LogP) is 1.87. The molecule has 1 aromatic heterocycles. The van der Waals surface area contributed by atoms with E-state index in [9.17, 15) is 4.79 Å². The third-order valence-electron chi connectivity index (χ3n) is 2.84. The van der Waals surface area contributed by atoms with Crippen molar-refractivity contribution >= 4 is 22.4 Å². The Bertz CT molecular complexity index is 373. The summed E-state index contributed by atoms with van der Waals surface area (Å²) in [5.74, 6) is -0.00864. The third-order valence-corrected chi connectivity index (χ3v) is 3.67. The number of carbonyl (C=O) groups is 1. The van der Waals surface area contributed by atoms with Crippen molar-refractivity contribution in [1.29, 1.82) is 0 Å². The molecule has 0 unspecified atom stereocenters. The Morgan fingerprint density at radius 3 is 2.82 bits per heavy atom. The minimum absolute atomic E-state index is 0.00864. The van der Waals surface area contributed by atoms with Gasteiger partial charge in [-0.2, -0.15) is 0 Å². The number of aromatic nitrogens is 2. The highest BCUT2D eigenvalue weighted by molar-refractivity contribution is 7.15. The maximum atomic E-state index is 11.2. The summed E-state index contributed by atoms with van der Waals surface area (Å²) in [5.41, 5.74) is 0. The van der Waals surface area contributed by atoms with Crippen molar-refractivity contribution in [2.75, 3.05) is 18.4 Å². The standard InChI is InChI=1S/C11H18N4OS/c1-2-9(16)12-11-14-13-10(17-11)8-15-6-4-3-5-7-15/h2-8H2,1H3,(H,12,14,16). The lowest BCUT2D eigenvalue weighted by molar-refractivity contribution is -0.115. The van der Waals surface area contributed by atoms with E-state index in [-0.39, 0.29) is 5.91 Å². The molecule has 17 heavy (non-hydrogen) atoms. The molecule has 1 N–H and O–H groups in total. The molecule has 1 aromatic rings. The molecule has 2 heterocycles. The summed E-state index contributed by atoms with van der Waals surface area (Å²) >= 11 is 1.47. The van der Waals surface area contributed by atoms with Gasteiger partial charge in [-0.3, -0.25) is 9.69 Å². The minimum atomic E-state index is -0.00864. The van der Waals surface area contributed by atoms with E-state index in [2.05, 4.69) is 20.4 Å². The quantitative estimate of drug-likeness (QED) is 0.891. The molecular weight excluding hydrogens is 236 g/mol. The SMILES string of the molecule is CCC(=O)Nc1nnc(CN2CCCCC2)s1. The number of piperidine rings is 1. The second-order valence-electron chi connectivity index (χ2n) is 4.24. The molecule has 2 rings (SSSR count). The Morgan fingerprint density at radius 1 is 1.35 bits per heavy atom. The van der Waals surface area contributed by atoms with Crippen LogP contribution in [-0.4, -0.2) is 34.1 Å². The topological polar surface area (TPSA) is 58.1 Å². The minimum Gasteiger partial charge on any atom is -0.301 e. The van der Waals surface area contributed by atoms with Crippen LogP contribution in [0, 0.1) is 0 Å². The van der Waals surface area contributed by atoms with E-state index in [0.717, 1.165) is 24.6 Å². The maximum Gasteiger partial charge on any atom is 0.225 e. The molecule has 1 amide bonds. The lowest BCUT2D eigenvalue weighted by Gasteiger charge is -2.24. The Hall–Kier alpha value is -1.01. The van der Waals surface area contributed by atoms with Gasteiger partial charge >= 0.3 is 0 Å². The first-order valence-corrected chi connectivity index (χ1v) is 6.94. The van der Waals surface area contributed by atoms with Gasteiger partial charge in [0.2, 0.25) is 11.0 Å². The molecule has 6 heteroatoms. The van der Waals surface area contributed by atoms with Crippen molar-refractivity contribution in [3.05, 3.63) is 5.01 Å². The molecule has 0 bridgehead atoms. The van der Waals surface area contributed by atoms with Crippen LogP contribution in [0.4, 0.5) is 5.13 Å². The zero-order valence-corrected chi connectivity index (χ0v) is 10.9. The van der Waals surface area contributed by atoms with E-state index in [4.69, 9.17) is 0 Å². The van der Waals surface area contributed by atoms with Gasteiger partial charge in [0.25, 0.3) is 0 Å². The first kappa shape index (κ1) is 12.4. The van der Waals surface area contributed by atoms with Crippen LogP contribution in [-0.2, 0) is 11.3 Å². The van der Waals surface area contributed by atoms with Crippen LogP contribution < -0.4 is 5.32 Å². The zero-order chi connectivity index (χ0) is 12.1. The fourth-order valence-corrected chi connectivity index (χ4v) is 2.68. The molecule has 0 aromatic carbocycles. The number of nitrogens with zero attached hydrogens (tertiary/aromatic N) is 3. The summed E-state index contributed by atoms with van der Waals surface area (Å²) < 4.78 is 0. The lowest BCUT2D eigenvalue weighted by atomic mass is 10.1. The van der Waals surface area contributed by atoms with E-state index in [1.807, 2.05) is 6.92 Å². The predicted molar refractivity (Wildman–Crippen MR) is 68.0 cm³/mol. The Morgan fingerprint density at radius 2 is 2.12 bits per heavy atom. The van der Waals surface area contributed by atoms with Crippen LogP contribution in [0.25, 0.3) is 0 Å². The molecule has 0 saturated carbocycles. The smallest absolute Gasteiger partial charge is 0.225 e. The van der Waals surface area contributed by atoms with E-state index in [1.54, 1.807) is 0 Å².